The van der Waals surface area contributed by atoms with Crippen LogP contribution in [0.25, 0.3) is 0 Å². The van der Waals surface area contributed by atoms with Crippen LogP contribution in [0, 0.1) is 0 Å². The molecule has 1 aromatic rings. The van der Waals surface area contributed by atoms with E-state index >= 15 is 0 Å². The summed E-state index contributed by atoms with van der Waals surface area (Å²) >= 11 is 0. The third-order valence-electron chi connectivity index (χ3n) is 3.65. The minimum Gasteiger partial charge on any atom is -0.356 e. The Morgan fingerprint density at radius 2 is 2.05 bits per heavy atom. The highest BCUT2D eigenvalue weighted by molar-refractivity contribution is 5.78. The van der Waals surface area contributed by atoms with E-state index in [4.69, 9.17) is 0 Å². The lowest BCUT2D eigenvalue weighted by molar-refractivity contribution is -0.120. The zero-order chi connectivity index (χ0) is 13.5. The summed E-state index contributed by atoms with van der Waals surface area (Å²) in [6, 6.07) is 6.53. The summed E-state index contributed by atoms with van der Waals surface area (Å²) in [5, 5.41) is 2.96. The largest absolute Gasteiger partial charge is 0.356 e. The quantitative estimate of drug-likeness (QED) is 0.637. The van der Waals surface area contributed by atoms with Gasteiger partial charge in [0.2, 0.25) is 5.91 Å². The number of carbonyl (C=O) groups is 1. The monoisotopic (exact) mass is 257 g/mol. The van der Waals surface area contributed by atoms with Gasteiger partial charge in [0.15, 0.2) is 0 Å². The van der Waals surface area contributed by atoms with Gasteiger partial charge in [0.1, 0.15) is 0 Å². The van der Waals surface area contributed by atoms with Crippen LogP contribution >= 0.6 is 0 Å². The molecule has 0 aromatic heterocycles. The number of fused-ring (bicyclic) bond motifs is 1. The van der Waals surface area contributed by atoms with Crippen molar-refractivity contribution in [2.45, 2.75) is 45.4 Å². The molecule has 19 heavy (non-hydrogen) atoms. The molecule has 0 spiro atoms. The number of carbonyl (C=O) groups excluding carboxylic acids is 1. The van der Waals surface area contributed by atoms with Crippen LogP contribution in [0.4, 0.5) is 0 Å². The fraction of sp³-hybridized carbons (Fsp3) is 0.471. The maximum absolute atomic E-state index is 11.8. The Morgan fingerprint density at radius 3 is 2.84 bits per heavy atom. The second kappa shape index (κ2) is 7.13. The van der Waals surface area contributed by atoms with Crippen molar-refractivity contribution in [3.05, 3.63) is 47.0 Å². The van der Waals surface area contributed by atoms with Crippen molar-refractivity contribution < 1.29 is 4.79 Å². The van der Waals surface area contributed by atoms with Gasteiger partial charge >= 0.3 is 0 Å². The van der Waals surface area contributed by atoms with Crippen molar-refractivity contribution >= 4 is 5.91 Å². The smallest absolute Gasteiger partial charge is 0.224 e. The lowest BCUT2D eigenvalue weighted by Gasteiger charge is -2.16. The topological polar surface area (TPSA) is 29.1 Å². The fourth-order valence-electron chi connectivity index (χ4n) is 2.61. The van der Waals surface area contributed by atoms with Crippen LogP contribution in [0.3, 0.4) is 0 Å². The summed E-state index contributed by atoms with van der Waals surface area (Å²) in [5.74, 6) is 0.125. The molecule has 0 saturated heterocycles. The number of nitrogens with one attached hydrogen (secondary N) is 1. The van der Waals surface area contributed by atoms with E-state index in [9.17, 15) is 4.79 Å². The minimum absolute atomic E-state index is 0.125. The second-order valence-corrected chi connectivity index (χ2v) is 5.19. The summed E-state index contributed by atoms with van der Waals surface area (Å²) in [6.45, 7) is 2.73. The highest BCUT2D eigenvalue weighted by atomic mass is 16.1. The van der Waals surface area contributed by atoms with Crippen molar-refractivity contribution in [3.63, 3.8) is 0 Å². The third kappa shape index (κ3) is 4.23. The first kappa shape index (κ1) is 13.9. The Hall–Kier alpha value is -1.57. The van der Waals surface area contributed by atoms with Crippen LogP contribution in [0.2, 0.25) is 0 Å². The number of benzene rings is 1. The molecule has 0 bridgehead atoms. The maximum Gasteiger partial charge on any atom is 0.224 e. The molecule has 102 valence electrons. The molecule has 0 fully saturated rings. The van der Waals surface area contributed by atoms with E-state index in [0.29, 0.717) is 6.42 Å². The van der Waals surface area contributed by atoms with Crippen molar-refractivity contribution in [3.8, 4) is 0 Å². The summed E-state index contributed by atoms with van der Waals surface area (Å²) < 4.78 is 0. The van der Waals surface area contributed by atoms with Crippen LogP contribution in [0.15, 0.2) is 30.4 Å². The van der Waals surface area contributed by atoms with Gasteiger partial charge in [-0.15, -0.1) is 0 Å². The van der Waals surface area contributed by atoms with E-state index in [1.807, 2.05) is 13.0 Å². The predicted octanol–water partition coefficient (Wildman–Crippen LogP) is 3.19. The van der Waals surface area contributed by atoms with Gasteiger partial charge < -0.3 is 5.32 Å². The van der Waals surface area contributed by atoms with Gasteiger partial charge in [-0.2, -0.15) is 0 Å². The lowest BCUT2D eigenvalue weighted by atomic mass is 9.90. The second-order valence-electron chi connectivity index (χ2n) is 5.19. The average Bonchev–Trinajstić information content (AvgIpc) is 2.43. The molecule has 1 amide bonds. The first-order chi connectivity index (χ1) is 9.29. The van der Waals surface area contributed by atoms with Gasteiger partial charge in [0.05, 0.1) is 6.42 Å². The molecule has 1 aromatic carbocycles. The molecular weight excluding hydrogens is 234 g/mol. The van der Waals surface area contributed by atoms with Gasteiger partial charge in [-0.1, -0.05) is 30.4 Å². The Morgan fingerprint density at radius 1 is 1.26 bits per heavy atom. The number of allylic oxidation sites excluding steroid dienone is 1. The first-order valence-corrected chi connectivity index (χ1v) is 7.28. The van der Waals surface area contributed by atoms with Gasteiger partial charge in [-0.3, -0.25) is 4.79 Å². The summed E-state index contributed by atoms with van der Waals surface area (Å²) in [7, 11) is 0. The van der Waals surface area contributed by atoms with Crippen LogP contribution in [0.1, 0.15) is 42.9 Å². The molecule has 2 heteroatoms. The van der Waals surface area contributed by atoms with Crippen LogP contribution < -0.4 is 5.32 Å². The number of amides is 1. The zero-order valence-electron chi connectivity index (χ0n) is 11.7. The molecule has 0 atom stereocenters. The van der Waals surface area contributed by atoms with Gasteiger partial charge in [0, 0.05) is 6.54 Å². The third-order valence-corrected chi connectivity index (χ3v) is 3.65. The van der Waals surface area contributed by atoms with Gasteiger partial charge in [-0.25, -0.2) is 0 Å². The predicted molar refractivity (Wildman–Crippen MR) is 79.2 cm³/mol. The summed E-state index contributed by atoms with van der Waals surface area (Å²) in [6.07, 6.45) is 10.4. The molecule has 0 saturated carbocycles. The van der Waals surface area contributed by atoms with Crippen molar-refractivity contribution in [1.82, 2.24) is 5.32 Å². The molecule has 2 rings (SSSR count). The number of aryl methyl sites for hydroxylation is 2. The molecule has 0 unspecified atom stereocenters. The molecule has 1 N–H and O–H groups in total. The Kier molecular flexibility index (Phi) is 5.20. The van der Waals surface area contributed by atoms with Crippen molar-refractivity contribution in [2.75, 3.05) is 6.54 Å². The molecule has 1 aliphatic rings. The Balaban J connectivity index is 1.86. The highest BCUT2D eigenvalue weighted by Gasteiger charge is 2.10. The van der Waals surface area contributed by atoms with Crippen molar-refractivity contribution in [2.24, 2.45) is 0 Å². The molecule has 0 heterocycles. The van der Waals surface area contributed by atoms with E-state index in [0.717, 1.165) is 18.5 Å². The van der Waals surface area contributed by atoms with E-state index in [-0.39, 0.29) is 5.91 Å². The van der Waals surface area contributed by atoms with Crippen LogP contribution in [-0.2, 0) is 24.1 Å². The number of hydrogen-bond donors (Lipinski definition) is 1. The highest BCUT2D eigenvalue weighted by Crippen LogP contribution is 2.22. The lowest BCUT2D eigenvalue weighted by Crippen LogP contribution is -2.25. The van der Waals surface area contributed by atoms with Crippen molar-refractivity contribution in [1.29, 1.82) is 0 Å². The van der Waals surface area contributed by atoms with E-state index in [1.165, 1.54) is 36.8 Å². The Bertz CT molecular complexity index is 462. The SMILES string of the molecule is C/C=C/CCNC(=O)Cc1ccc2c(c1)CCCC2. The van der Waals surface area contributed by atoms with Crippen LogP contribution in [0.5, 0.6) is 0 Å². The first-order valence-electron chi connectivity index (χ1n) is 7.28. The van der Waals surface area contributed by atoms with E-state index in [1.54, 1.807) is 0 Å². The molecule has 1 aliphatic carbocycles. The van der Waals surface area contributed by atoms with Gasteiger partial charge in [0.25, 0.3) is 0 Å². The minimum atomic E-state index is 0.125. The standard InChI is InChI=1S/C17H23NO/c1-2-3-6-11-18-17(19)13-14-9-10-15-7-4-5-8-16(15)12-14/h2-3,9-10,12H,4-8,11,13H2,1H3,(H,18,19)/b3-2+. The van der Waals surface area contributed by atoms with E-state index in [2.05, 4.69) is 29.6 Å². The summed E-state index contributed by atoms with van der Waals surface area (Å²) in [5.41, 5.74) is 4.07. The number of hydrogen-bond acceptors (Lipinski definition) is 1. The normalized spacial score (nSPS) is 14.4. The van der Waals surface area contributed by atoms with Gasteiger partial charge in [-0.05, 0) is 55.7 Å². The zero-order valence-corrected chi connectivity index (χ0v) is 11.7. The molecule has 0 radical (unpaired) electrons. The Labute approximate surface area is 115 Å². The number of rotatable bonds is 5. The molecule has 0 aliphatic heterocycles. The summed E-state index contributed by atoms with van der Waals surface area (Å²) in [4.78, 5) is 11.8. The molecule has 2 nitrogen and oxygen atoms in total. The van der Waals surface area contributed by atoms with E-state index < -0.39 is 0 Å². The molecular formula is C17H23NO. The maximum atomic E-state index is 11.8. The fourth-order valence-corrected chi connectivity index (χ4v) is 2.61. The van der Waals surface area contributed by atoms with Crippen LogP contribution in [-0.4, -0.2) is 12.5 Å². The average molecular weight is 257 g/mol.